The molecule has 4 rings (SSSR count). The van der Waals surface area contributed by atoms with E-state index in [4.69, 9.17) is 11.5 Å². The highest BCUT2D eigenvalue weighted by Gasteiger charge is 2.22. The molecular weight excluding hydrogens is 392 g/mol. The summed E-state index contributed by atoms with van der Waals surface area (Å²) in [6.07, 6.45) is 4.74. The quantitative estimate of drug-likeness (QED) is 0.545. The number of anilines is 3. The molecule has 1 unspecified atom stereocenters. The van der Waals surface area contributed by atoms with Crippen molar-refractivity contribution in [2.75, 3.05) is 29.0 Å². The number of nitrogen functional groups attached to an aromatic ring is 1. The van der Waals surface area contributed by atoms with Crippen LogP contribution >= 0.6 is 0 Å². The van der Waals surface area contributed by atoms with E-state index in [1.54, 1.807) is 24.3 Å². The minimum atomic E-state index is -0.488. The predicted octanol–water partition coefficient (Wildman–Crippen LogP) is 2.47. The fourth-order valence-corrected chi connectivity index (χ4v) is 3.74. The van der Waals surface area contributed by atoms with Crippen molar-refractivity contribution in [3.63, 3.8) is 0 Å². The number of nitrogens with zero attached hydrogens (tertiary/aromatic N) is 3. The van der Waals surface area contributed by atoms with E-state index in [0.717, 1.165) is 25.1 Å². The van der Waals surface area contributed by atoms with E-state index in [1.165, 1.54) is 12.4 Å². The largest absolute Gasteiger partial charge is 0.382 e. The number of nitrogens with two attached hydrogens (primary N) is 2. The zero-order valence-electron chi connectivity index (χ0n) is 17.0. The SMILES string of the molecule is Nc1nccnc1C(=O)Nc1cc(C(=O)c2ccccc2)ccc1N1CCCC(N)C1. The number of carbonyl (C=O) groups is 2. The lowest BCUT2D eigenvalue weighted by Crippen LogP contribution is -2.43. The molecule has 5 N–H and O–H groups in total. The normalized spacial score (nSPS) is 16.0. The molecule has 3 aromatic rings. The Morgan fingerprint density at radius 2 is 1.81 bits per heavy atom. The molecule has 2 aromatic carbocycles. The predicted molar refractivity (Wildman–Crippen MR) is 120 cm³/mol. The second-order valence-electron chi connectivity index (χ2n) is 7.52. The van der Waals surface area contributed by atoms with E-state index in [2.05, 4.69) is 20.2 Å². The van der Waals surface area contributed by atoms with E-state index in [9.17, 15) is 9.59 Å². The number of rotatable bonds is 5. The number of aromatic nitrogens is 2. The van der Waals surface area contributed by atoms with Crippen molar-refractivity contribution in [3.05, 3.63) is 77.7 Å². The van der Waals surface area contributed by atoms with Gasteiger partial charge in [-0.05, 0) is 31.0 Å². The van der Waals surface area contributed by atoms with Gasteiger partial charge in [-0.3, -0.25) is 9.59 Å². The lowest BCUT2D eigenvalue weighted by atomic mass is 10.0. The zero-order chi connectivity index (χ0) is 21.8. The summed E-state index contributed by atoms with van der Waals surface area (Å²) in [5, 5.41) is 2.87. The summed E-state index contributed by atoms with van der Waals surface area (Å²) in [5.41, 5.74) is 14.4. The first-order valence-electron chi connectivity index (χ1n) is 10.1. The number of ketones is 1. The van der Waals surface area contributed by atoms with Gasteiger partial charge in [0.25, 0.3) is 5.91 Å². The van der Waals surface area contributed by atoms with Crippen LogP contribution in [0.5, 0.6) is 0 Å². The van der Waals surface area contributed by atoms with Gasteiger partial charge in [-0.1, -0.05) is 30.3 Å². The molecule has 158 valence electrons. The van der Waals surface area contributed by atoms with Crippen LogP contribution in [-0.4, -0.2) is 40.8 Å². The minimum absolute atomic E-state index is 0.0311. The molecule has 1 fully saturated rings. The van der Waals surface area contributed by atoms with Gasteiger partial charge in [-0.25, -0.2) is 9.97 Å². The number of hydrogen-bond acceptors (Lipinski definition) is 7. The second kappa shape index (κ2) is 8.93. The highest BCUT2D eigenvalue weighted by Crippen LogP contribution is 2.31. The minimum Gasteiger partial charge on any atom is -0.382 e. The first-order valence-corrected chi connectivity index (χ1v) is 10.1. The van der Waals surface area contributed by atoms with Crippen molar-refractivity contribution >= 4 is 28.9 Å². The average molecular weight is 416 g/mol. The summed E-state index contributed by atoms with van der Waals surface area (Å²) in [5.74, 6) is -0.576. The number of benzene rings is 2. The molecule has 8 nitrogen and oxygen atoms in total. The fraction of sp³-hybridized carbons (Fsp3) is 0.217. The van der Waals surface area contributed by atoms with Crippen LogP contribution in [0.2, 0.25) is 0 Å². The van der Waals surface area contributed by atoms with Crippen LogP contribution in [0, 0.1) is 0 Å². The van der Waals surface area contributed by atoms with Gasteiger partial charge in [-0.15, -0.1) is 0 Å². The van der Waals surface area contributed by atoms with Gasteiger partial charge >= 0.3 is 0 Å². The van der Waals surface area contributed by atoms with Gasteiger partial charge in [0.2, 0.25) is 0 Å². The van der Waals surface area contributed by atoms with Gasteiger partial charge in [0.05, 0.1) is 11.4 Å². The molecule has 1 saturated heterocycles. The van der Waals surface area contributed by atoms with Crippen LogP contribution in [0.4, 0.5) is 17.2 Å². The first-order chi connectivity index (χ1) is 15.0. The molecule has 31 heavy (non-hydrogen) atoms. The molecule has 0 bridgehead atoms. The van der Waals surface area contributed by atoms with Gasteiger partial charge < -0.3 is 21.7 Å². The highest BCUT2D eigenvalue weighted by molar-refractivity contribution is 6.12. The number of nitrogens with one attached hydrogen (secondary N) is 1. The Labute approximate surface area is 180 Å². The van der Waals surface area contributed by atoms with Crippen molar-refractivity contribution in [2.45, 2.75) is 18.9 Å². The molecule has 1 aliphatic rings. The Morgan fingerprint density at radius 3 is 2.55 bits per heavy atom. The summed E-state index contributed by atoms with van der Waals surface area (Å²) in [7, 11) is 0. The first kappa shape index (κ1) is 20.5. The Kier molecular flexibility index (Phi) is 5.90. The lowest BCUT2D eigenvalue weighted by Gasteiger charge is -2.34. The van der Waals surface area contributed by atoms with Crippen LogP contribution in [0.15, 0.2) is 60.9 Å². The van der Waals surface area contributed by atoms with Crippen molar-refractivity contribution in [1.29, 1.82) is 0 Å². The van der Waals surface area contributed by atoms with Gasteiger partial charge in [-0.2, -0.15) is 0 Å². The second-order valence-corrected chi connectivity index (χ2v) is 7.52. The summed E-state index contributed by atoms with van der Waals surface area (Å²) in [6, 6.07) is 14.4. The molecule has 0 radical (unpaired) electrons. The van der Waals surface area contributed by atoms with Crippen LogP contribution in [0.1, 0.15) is 39.3 Å². The molecule has 1 amide bonds. The summed E-state index contributed by atoms with van der Waals surface area (Å²) < 4.78 is 0. The van der Waals surface area contributed by atoms with Gasteiger partial charge in [0, 0.05) is 42.7 Å². The smallest absolute Gasteiger partial charge is 0.278 e. The maximum absolute atomic E-state index is 13.0. The summed E-state index contributed by atoms with van der Waals surface area (Å²) in [4.78, 5) is 35.9. The number of amides is 1. The third kappa shape index (κ3) is 4.54. The van der Waals surface area contributed by atoms with Crippen molar-refractivity contribution < 1.29 is 9.59 Å². The van der Waals surface area contributed by atoms with Crippen molar-refractivity contribution in [1.82, 2.24) is 9.97 Å². The summed E-state index contributed by atoms with van der Waals surface area (Å²) in [6.45, 7) is 1.48. The lowest BCUT2D eigenvalue weighted by molar-refractivity contribution is 0.101. The molecule has 0 saturated carbocycles. The molecule has 0 spiro atoms. The van der Waals surface area contributed by atoms with Crippen LogP contribution in [0.25, 0.3) is 0 Å². The number of piperidine rings is 1. The average Bonchev–Trinajstić information content (AvgIpc) is 2.79. The molecular formula is C23H24N6O2. The molecule has 1 atom stereocenters. The molecule has 2 heterocycles. The Hall–Kier alpha value is -3.78. The zero-order valence-corrected chi connectivity index (χ0v) is 17.0. The van der Waals surface area contributed by atoms with Crippen LogP contribution in [-0.2, 0) is 0 Å². The molecule has 1 aromatic heterocycles. The maximum Gasteiger partial charge on any atom is 0.278 e. The highest BCUT2D eigenvalue weighted by atomic mass is 16.2. The van der Waals surface area contributed by atoms with Gasteiger partial charge in [0.15, 0.2) is 17.3 Å². The molecule has 0 aliphatic carbocycles. The standard InChI is InChI=1S/C23H24N6O2/c24-17-7-4-12-29(14-17)19-9-8-16(21(30)15-5-2-1-3-6-15)13-18(19)28-23(31)20-22(25)27-11-10-26-20/h1-3,5-6,8-11,13,17H,4,7,12,14,24H2,(H2,25,27)(H,28,31). The fourth-order valence-electron chi connectivity index (χ4n) is 3.74. The number of hydrogen-bond donors (Lipinski definition) is 3. The van der Waals surface area contributed by atoms with E-state index in [-0.39, 0.29) is 23.3 Å². The molecule has 8 heteroatoms. The summed E-state index contributed by atoms with van der Waals surface area (Å²) >= 11 is 0. The Morgan fingerprint density at radius 1 is 1.03 bits per heavy atom. The van der Waals surface area contributed by atoms with E-state index in [1.807, 2.05) is 24.3 Å². The van der Waals surface area contributed by atoms with Crippen molar-refractivity contribution in [2.24, 2.45) is 5.73 Å². The topological polar surface area (TPSA) is 127 Å². The van der Waals surface area contributed by atoms with Crippen LogP contribution < -0.4 is 21.7 Å². The van der Waals surface area contributed by atoms with E-state index < -0.39 is 5.91 Å². The third-order valence-electron chi connectivity index (χ3n) is 5.28. The molecule has 1 aliphatic heterocycles. The van der Waals surface area contributed by atoms with Crippen molar-refractivity contribution in [3.8, 4) is 0 Å². The van der Waals surface area contributed by atoms with E-state index in [0.29, 0.717) is 23.4 Å². The third-order valence-corrected chi connectivity index (χ3v) is 5.28. The maximum atomic E-state index is 13.0. The Bertz CT molecular complexity index is 1100. The van der Waals surface area contributed by atoms with Gasteiger partial charge in [0.1, 0.15) is 0 Å². The van der Waals surface area contributed by atoms with E-state index >= 15 is 0 Å². The monoisotopic (exact) mass is 416 g/mol. The van der Waals surface area contributed by atoms with Crippen LogP contribution in [0.3, 0.4) is 0 Å². The number of carbonyl (C=O) groups excluding carboxylic acids is 2. The Balaban J connectivity index is 1.70.